The molecule has 0 radical (unpaired) electrons. The molecule has 0 aliphatic heterocycles. The van der Waals surface area contributed by atoms with E-state index in [0.717, 1.165) is 0 Å². The van der Waals surface area contributed by atoms with Gasteiger partial charge in [0, 0.05) is 13.1 Å². The first-order valence-electron chi connectivity index (χ1n) is 10.7. The van der Waals surface area contributed by atoms with Gasteiger partial charge in [0.15, 0.2) is 0 Å². The molecule has 0 unspecified atom stereocenters. The maximum atomic E-state index is 3.98. The SMILES string of the molecule is C=CN(CCCCCCCCCC)CCCCCCCCCC. The minimum Gasteiger partial charge on any atom is -0.378 e. The molecule has 0 aromatic heterocycles. The summed E-state index contributed by atoms with van der Waals surface area (Å²) in [6.45, 7) is 11.0. The van der Waals surface area contributed by atoms with Crippen molar-refractivity contribution in [3.8, 4) is 0 Å². The van der Waals surface area contributed by atoms with Crippen molar-refractivity contribution in [1.29, 1.82) is 0 Å². The summed E-state index contributed by atoms with van der Waals surface area (Å²) in [5.74, 6) is 0. The Bertz CT molecular complexity index is 204. The normalized spacial score (nSPS) is 10.9. The average Bonchev–Trinajstić information content (AvgIpc) is 2.57. The lowest BCUT2D eigenvalue weighted by Crippen LogP contribution is -2.19. The predicted octanol–water partition coefficient (Wildman–Crippen LogP) is 7.71. The third kappa shape index (κ3) is 17.7. The van der Waals surface area contributed by atoms with Crippen molar-refractivity contribution < 1.29 is 0 Å². The third-order valence-corrected chi connectivity index (χ3v) is 4.86. The Morgan fingerprint density at radius 1 is 0.522 bits per heavy atom. The van der Waals surface area contributed by atoms with Crippen molar-refractivity contribution in [2.75, 3.05) is 13.1 Å². The Labute approximate surface area is 147 Å². The Morgan fingerprint density at radius 2 is 0.826 bits per heavy atom. The van der Waals surface area contributed by atoms with Crippen LogP contribution >= 0.6 is 0 Å². The minimum atomic E-state index is 1.22. The number of hydrogen-bond acceptors (Lipinski definition) is 1. The molecular formula is C22H45N. The highest BCUT2D eigenvalue weighted by Gasteiger charge is 1.99. The van der Waals surface area contributed by atoms with Gasteiger partial charge in [-0.3, -0.25) is 0 Å². The molecule has 0 aliphatic carbocycles. The monoisotopic (exact) mass is 323 g/mol. The van der Waals surface area contributed by atoms with Crippen LogP contribution in [0.3, 0.4) is 0 Å². The molecule has 138 valence electrons. The van der Waals surface area contributed by atoms with Gasteiger partial charge in [-0.05, 0) is 19.0 Å². The lowest BCUT2D eigenvalue weighted by atomic mass is 10.1. The molecule has 0 aromatic rings. The fourth-order valence-corrected chi connectivity index (χ4v) is 3.19. The van der Waals surface area contributed by atoms with Gasteiger partial charge in [-0.1, -0.05) is 110 Å². The molecule has 1 heteroatoms. The molecule has 0 bridgehead atoms. The van der Waals surface area contributed by atoms with E-state index in [1.807, 2.05) is 0 Å². The minimum absolute atomic E-state index is 1.22. The van der Waals surface area contributed by atoms with E-state index in [2.05, 4.69) is 31.5 Å². The highest BCUT2D eigenvalue weighted by molar-refractivity contribution is 4.70. The second kappa shape index (κ2) is 19.6. The zero-order valence-electron chi connectivity index (χ0n) is 16.5. The fourth-order valence-electron chi connectivity index (χ4n) is 3.19. The highest BCUT2D eigenvalue weighted by atomic mass is 15.1. The maximum Gasteiger partial charge on any atom is 0.0172 e. The molecule has 0 rings (SSSR count). The number of nitrogens with zero attached hydrogens (tertiary/aromatic N) is 1. The van der Waals surface area contributed by atoms with Crippen LogP contribution in [0.15, 0.2) is 12.8 Å². The molecule has 0 atom stereocenters. The van der Waals surface area contributed by atoms with E-state index in [-0.39, 0.29) is 0 Å². The Kier molecular flexibility index (Phi) is 19.2. The summed E-state index contributed by atoms with van der Waals surface area (Å²) in [4.78, 5) is 2.44. The maximum absolute atomic E-state index is 3.98. The van der Waals surface area contributed by atoms with E-state index in [4.69, 9.17) is 0 Å². The van der Waals surface area contributed by atoms with Crippen LogP contribution in [-0.2, 0) is 0 Å². The smallest absolute Gasteiger partial charge is 0.0172 e. The third-order valence-electron chi connectivity index (χ3n) is 4.86. The molecule has 23 heavy (non-hydrogen) atoms. The van der Waals surface area contributed by atoms with E-state index in [1.54, 1.807) is 0 Å². The lowest BCUT2D eigenvalue weighted by Gasteiger charge is -2.19. The van der Waals surface area contributed by atoms with Crippen molar-refractivity contribution in [3.63, 3.8) is 0 Å². The fraction of sp³-hybridized carbons (Fsp3) is 0.909. The van der Waals surface area contributed by atoms with Gasteiger partial charge in [0.25, 0.3) is 0 Å². The van der Waals surface area contributed by atoms with E-state index in [1.165, 1.54) is 116 Å². The standard InChI is InChI=1S/C22H45N/c1-4-7-9-11-13-15-17-19-21-23(6-3)22-20-18-16-14-12-10-8-5-2/h6H,3-5,7-22H2,1-2H3. The van der Waals surface area contributed by atoms with Crippen molar-refractivity contribution in [3.05, 3.63) is 12.8 Å². The highest BCUT2D eigenvalue weighted by Crippen LogP contribution is 2.11. The first-order valence-corrected chi connectivity index (χ1v) is 10.7. The summed E-state index contributed by atoms with van der Waals surface area (Å²) in [5.41, 5.74) is 0. The van der Waals surface area contributed by atoms with Crippen LogP contribution in [0.25, 0.3) is 0 Å². The Morgan fingerprint density at radius 3 is 1.13 bits per heavy atom. The van der Waals surface area contributed by atoms with Crippen molar-refractivity contribution >= 4 is 0 Å². The molecule has 1 nitrogen and oxygen atoms in total. The van der Waals surface area contributed by atoms with Gasteiger partial charge >= 0.3 is 0 Å². The topological polar surface area (TPSA) is 3.24 Å². The first kappa shape index (κ1) is 22.5. The predicted molar refractivity (Wildman–Crippen MR) is 107 cm³/mol. The Balaban J connectivity index is 3.30. The number of unbranched alkanes of at least 4 members (excludes halogenated alkanes) is 14. The van der Waals surface area contributed by atoms with E-state index in [0.29, 0.717) is 0 Å². The van der Waals surface area contributed by atoms with Crippen LogP contribution in [-0.4, -0.2) is 18.0 Å². The summed E-state index contributed by atoms with van der Waals surface area (Å²) >= 11 is 0. The van der Waals surface area contributed by atoms with Gasteiger partial charge in [-0.25, -0.2) is 0 Å². The van der Waals surface area contributed by atoms with Crippen LogP contribution in [0.4, 0.5) is 0 Å². The first-order chi connectivity index (χ1) is 11.3. The molecule has 0 saturated heterocycles. The van der Waals surface area contributed by atoms with Crippen LogP contribution in [0, 0.1) is 0 Å². The van der Waals surface area contributed by atoms with Gasteiger partial charge in [0.2, 0.25) is 0 Å². The molecule has 0 aromatic carbocycles. The van der Waals surface area contributed by atoms with Gasteiger partial charge < -0.3 is 4.90 Å². The van der Waals surface area contributed by atoms with Crippen LogP contribution < -0.4 is 0 Å². The second-order valence-corrected chi connectivity index (χ2v) is 7.17. The van der Waals surface area contributed by atoms with Crippen LogP contribution in [0.5, 0.6) is 0 Å². The molecule has 0 heterocycles. The second-order valence-electron chi connectivity index (χ2n) is 7.17. The molecular weight excluding hydrogens is 278 g/mol. The average molecular weight is 324 g/mol. The van der Waals surface area contributed by atoms with E-state index >= 15 is 0 Å². The summed E-state index contributed by atoms with van der Waals surface area (Å²) in [5, 5.41) is 0. The van der Waals surface area contributed by atoms with Crippen molar-refractivity contribution in [2.24, 2.45) is 0 Å². The van der Waals surface area contributed by atoms with E-state index < -0.39 is 0 Å². The van der Waals surface area contributed by atoms with Gasteiger partial charge in [0.05, 0.1) is 0 Å². The number of hydrogen-bond donors (Lipinski definition) is 0. The van der Waals surface area contributed by atoms with Crippen molar-refractivity contribution in [2.45, 2.75) is 117 Å². The largest absolute Gasteiger partial charge is 0.378 e. The number of rotatable bonds is 19. The van der Waals surface area contributed by atoms with Gasteiger partial charge in [0.1, 0.15) is 0 Å². The molecule has 0 fully saturated rings. The lowest BCUT2D eigenvalue weighted by molar-refractivity contribution is 0.350. The summed E-state index contributed by atoms with van der Waals surface area (Å²) in [7, 11) is 0. The van der Waals surface area contributed by atoms with Crippen LogP contribution in [0.1, 0.15) is 117 Å². The summed E-state index contributed by atoms with van der Waals surface area (Å²) < 4.78 is 0. The van der Waals surface area contributed by atoms with Crippen LogP contribution in [0.2, 0.25) is 0 Å². The zero-order valence-corrected chi connectivity index (χ0v) is 16.5. The molecule has 0 spiro atoms. The molecule has 0 amide bonds. The van der Waals surface area contributed by atoms with E-state index in [9.17, 15) is 0 Å². The molecule has 0 saturated carbocycles. The Hall–Kier alpha value is -0.460. The molecule has 0 aliphatic rings. The zero-order chi connectivity index (χ0) is 17.0. The van der Waals surface area contributed by atoms with Gasteiger partial charge in [-0.15, -0.1) is 0 Å². The molecule has 0 N–H and O–H groups in total. The van der Waals surface area contributed by atoms with Gasteiger partial charge in [-0.2, -0.15) is 0 Å². The summed E-state index contributed by atoms with van der Waals surface area (Å²) in [6, 6.07) is 0. The quantitative estimate of drug-likeness (QED) is 0.220. The summed E-state index contributed by atoms with van der Waals surface area (Å²) in [6.07, 6.45) is 24.6. The van der Waals surface area contributed by atoms with Crippen molar-refractivity contribution in [1.82, 2.24) is 4.90 Å².